The van der Waals surface area contributed by atoms with Gasteiger partial charge in [0.15, 0.2) is 0 Å². The summed E-state index contributed by atoms with van der Waals surface area (Å²) in [7, 11) is 1.98. The molecule has 1 N–H and O–H groups in total. The molecular weight excluding hydrogens is 202 g/mol. The standard InChI is InChI=1S/C12H23N3O/c1-4-9-16-10-7-11(13-3)12-6-8-14-15(12)5-2/h6,8,11,13H,4-5,7,9-10H2,1-3H3. The van der Waals surface area contributed by atoms with E-state index in [-0.39, 0.29) is 0 Å². The highest BCUT2D eigenvalue weighted by atomic mass is 16.5. The van der Waals surface area contributed by atoms with E-state index in [0.717, 1.165) is 32.6 Å². The third-order valence-electron chi connectivity index (χ3n) is 2.65. The molecular formula is C12H23N3O. The van der Waals surface area contributed by atoms with Crippen LogP contribution in [0.15, 0.2) is 12.3 Å². The fourth-order valence-electron chi connectivity index (χ4n) is 1.79. The molecule has 4 heteroatoms. The zero-order chi connectivity index (χ0) is 11.8. The van der Waals surface area contributed by atoms with Crippen LogP contribution in [-0.4, -0.2) is 30.0 Å². The third kappa shape index (κ3) is 3.61. The highest BCUT2D eigenvalue weighted by molar-refractivity contribution is 5.06. The first kappa shape index (κ1) is 13.2. The van der Waals surface area contributed by atoms with Crippen LogP contribution in [0.1, 0.15) is 38.4 Å². The molecule has 0 radical (unpaired) electrons. The Hall–Kier alpha value is -0.870. The van der Waals surface area contributed by atoms with Crippen LogP contribution in [-0.2, 0) is 11.3 Å². The quantitative estimate of drug-likeness (QED) is 0.688. The van der Waals surface area contributed by atoms with Crippen molar-refractivity contribution in [2.45, 2.75) is 39.3 Å². The lowest BCUT2D eigenvalue weighted by Crippen LogP contribution is -2.21. The summed E-state index contributed by atoms with van der Waals surface area (Å²) in [4.78, 5) is 0. The highest BCUT2D eigenvalue weighted by Gasteiger charge is 2.13. The molecule has 16 heavy (non-hydrogen) atoms. The summed E-state index contributed by atoms with van der Waals surface area (Å²) in [5.74, 6) is 0. The summed E-state index contributed by atoms with van der Waals surface area (Å²) in [6.07, 6.45) is 3.93. The van der Waals surface area contributed by atoms with Gasteiger partial charge in [0.2, 0.25) is 0 Å². The van der Waals surface area contributed by atoms with Gasteiger partial charge < -0.3 is 10.1 Å². The first-order chi connectivity index (χ1) is 7.83. The van der Waals surface area contributed by atoms with Crippen molar-refractivity contribution >= 4 is 0 Å². The fraction of sp³-hybridized carbons (Fsp3) is 0.750. The maximum atomic E-state index is 5.52. The number of rotatable bonds is 8. The number of nitrogens with zero attached hydrogens (tertiary/aromatic N) is 2. The molecule has 1 aromatic heterocycles. The lowest BCUT2D eigenvalue weighted by molar-refractivity contribution is 0.124. The van der Waals surface area contributed by atoms with E-state index in [9.17, 15) is 0 Å². The number of aromatic nitrogens is 2. The van der Waals surface area contributed by atoms with Gasteiger partial charge in [-0.3, -0.25) is 4.68 Å². The first-order valence-corrected chi connectivity index (χ1v) is 6.10. The summed E-state index contributed by atoms with van der Waals surface area (Å²) in [5.41, 5.74) is 1.24. The van der Waals surface area contributed by atoms with E-state index in [2.05, 4.69) is 30.3 Å². The summed E-state index contributed by atoms with van der Waals surface area (Å²) >= 11 is 0. The zero-order valence-corrected chi connectivity index (χ0v) is 10.6. The Morgan fingerprint density at radius 3 is 2.88 bits per heavy atom. The van der Waals surface area contributed by atoms with Crippen LogP contribution in [0, 0.1) is 0 Å². The lowest BCUT2D eigenvalue weighted by atomic mass is 10.1. The molecule has 1 rings (SSSR count). The zero-order valence-electron chi connectivity index (χ0n) is 10.6. The van der Waals surface area contributed by atoms with Crippen molar-refractivity contribution in [3.63, 3.8) is 0 Å². The molecule has 1 unspecified atom stereocenters. The van der Waals surface area contributed by atoms with Gasteiger partial charge in [-0.2, -0.15) is 5.10 Å². The highest BCUT2D eigenvalue weighted by Crippen LogP contribution is 2.15. The van der Waals surface area contributed by atoms with Crippen LogP contribution < -0.4 is 5.32 Å². The SMILES string of the molecule is CCCOCCC(NC)c1ccnn1CC. The molecule has 0 amide bonds. The van der Waals surface area contributed by atoms with E-state index < -0.39 is 0 Å². The Morgan fingerprint density at radius 1 is 1.44 bits per heavy atom. The van der Waals surface area contributed by atoms with Gasteiger partial charge >= 0.3 is 0 Å². The van der Waals surface area contributed by atoms with Crippen molar-refractivity contribution in [3.05, 3.63) is 18.0 Å². The van der Waals surface area contributed by atoms with Crippen LogP contribution in [0.2, 0.25) is 0 Å². The second kappa shape index (κ2) is 7.41. The van der Waals surface area contributed by atoms with E-state index >= 15 is 0 Å². The molecule has 4 nitrogen and oxygen atoms in total. The van der Waals surface area contributed by atoms with E-state index in [4.69, 9.17) is 4.74 Å². The van der Waals surface area contributed by atoms with Crippen molar-refractivity contribution < 1.29 is 4.74 Å². The van der Waals surface area contributed by atoms with Gasteiger partial charge in [-0.15, -0.1) is 0 Å². The minimum Gasteiger partial charge on any atom is -0.381 e. The maximum absolute atomic E-state index is 5.52. The molecule has 0 aliphatic carbocycles. The van der Waals surface area contributed by atoms with Crippen molar-refractivity contribution in [1.29, 1.82) is 0 Å². The number of ether oxygens (including phenoxy) is 1. The molecule has 0 fully saturated rings. The number of nitrogens with one attached hydrogen (secondary N) is 1. The van der Waals surface area contributed by atoms with Crippen molar-refractivity contribution in [2.24, 2.45) is 0 Å². The largest absolute Gasteiger partial charge is 0.381 e. The molecule has 0 saturated carbocycles. The topological polar surface area (TPSA) is 39.1 Å². The molecule has 0 spiro atoms. The van der Waals surface area contributed by atoms with E-state index in [0.29, 0.717) is 6.04 Å². The molecule has 1 aromatic rings. The number of hydrogen-bond donors (Lipinski definition) is 1. The van der Waals surface area contributed by atoms with E-state index in [1.807, 2.05) is 17.9 Å². The Labute approximate surface area is 98.0 Å². The fourth-order valence-corrected chi connectivity index (χ4v) is 1.79. The molecule has 92 valence electrons. The molecule has 0 aliphatic rings. The third-order valence-corrected chi connectivity index (χ3v) is 2.65. The summed E-state index contributed by atoms with van der Waals surface area (Å²) in [5, 5.41) is 7.60. The second-order valence-electron chi connectivity index (χ2n) is 3.81. The maximum Gasteiger partial charge on any atom is 0.0554 e. The average molecular weight is 225 g/mol. The van der Waals surface area contributed by atoms with Crippen LogP contribution in [0.4, 0.5) is 0 Å². The van der Waals surface area contributed by atoms with Crippen molar-refractivity contribution in [3.8, 4) is 0 Å². The monoisotopic (exact) mass is 225 g/mol. The second-order valence-corrected chi connectivity index (χ2v) is 3.81. The smallest absolute Gasteiger partial charge is 0.0554 e. The predicted molar refractivity (Wildman–Crippen MR) is 65.4 cm³/mol. The van der Waals surface area contributed by atoms with E-state index in [1.165, 1.54) is 5.69 Å². The Bertz CT molecular complexity index is 286. The minimum absolute atomic E-state index is 0.333. The molecule has 0 bridgehead atoms. The van der Waals surface area contributed by atoms with Gasteiger partial charge in [0.25, 0.3) is 0 Å². The Morgan fingerprint density at radius 2 is 2.25 bits per heavy atom. The minimum atomic E-state index is 0.333. The summed E-state index contributed by atoms with van der Waals surface area (Å²) in [6.45, 7) is 6.80. The molecule has 1 atom stereocenters. The van der Waals surface area contributed by atoms with Gasteiger partial charge in [-0.05, 0) is 32.9 Å². The average Bonchev–Trinajstić information content (AvgIpc) is 2.77. The van der Waals surface area contributed by atoms with Gasteiger partial charge in [0.1, 0.15) is 0 Å². The van der Waals surface area contributed by atoms with Crippen LogP contribution in [0.5, 0.6) is 0 Å². The van der Waals surface area contributed by atoms with Crippen LogP contribution in [0.3, 0.4) is 0 Å². The summed E-state index contributed by atoms with van der Waals surface area (Å²) in [6, 6.07) is 2.41. The van der Waals surface area contributed by atoms with E-state index in [1.54, 1.807) is 0 Å². The molecule has 0 aliphatic heterocycles. The van der Waals surface area contributed by atoms with Gasteiger partial charge in [-0.1, -0.05) is 6.92 Å². The number of hydrogen-bond acceptors (Lipinski definition) is 3. The predicted octanol–water partition coefficient (Wildman–Crippen LogP) is 1.98. The first-order valence-electron chi connectivity index (χ1n) is 6.10. The molecule has 0 saturated heterocycles. The van der Waals surface area contributed by atoms with Gasteiger partial charge in [0.05, 0.1) is 11.7 Å². The van der Waals surface area contributed by atoms with Gasteiger partial charge in [-0.25, -0.2) is 0 Å². The van der Waals surface area contributed by atoms with Crippen molar-refractivity contribution in [1.82, 2.24) is 15.1 Å². The van der Waals surface area contributed by atoms with Crippen molar-refractivity contribution in [2.75, 3.05) is 20.3 Å². The lowest BCUT2D eigenvalue weighted by Gasteiger charge is -2.17. The molecule has 1 heterocycles. The number of aryl methyl sites for hydroxylation is 1. The van der Waals surface area contributed by atoms with Gasteiger partial charge in [0, 0.05) is 26.0 Å². The Balaban J connectivity index is 2.47. The summed E-state index contributed by atoms with van der Waals surface area (Å²) < 4.78 is 7.55. The Kier molecular flexibility index (Phi) is 6.11. The van der Waals surface area contributed by atoms with Crippen LogP contribution >= 0.6 is 0 Å². The van der Waals surface area contributed by atoms with Crippen LogP contribution in [0.25, 0.3) is 0 Å². The normalized spacial score (nSPS) is 12.9. The molecule has 0 aromatic carbocycles.